The zero-order valence-electron chi connectivity index (χ0n) is 15.8. The van der Waals surface area contributed by atoms with E-state index in [9.17, 15) is 9.59 Å². The zero-order chi connectivity index (χ0) is 19.9. The molecule has 0 aromatic heterocycles. The van der Waals surface area contributed by atoms with Crippen molar-refractivity contribution in [3.05, 3.63) is 70.7 Å². The monoisotopic (exact) mass is 417 g/mol. The molecule has 0 aliphatic carbocycles. The first-order chi connectivity index (χ1) is 13.6. The number of halogens is 1. The van der Waals surface area contributed by atoms with Gasteiger partial charge in [0.2, 0.25) is 5.91 Å². The van der Waals surface area contributed by atoms with Crippen molar-refractivity contribution >= 4 is 35.2 Å². The van der Waals surface area contributed by atoms with Gasteiger partial charge in [0, 0.05) is 18.1 Å². The SMILES string of the molecule is COC(=O)C1CCN(C(=O)CSC(c2ccccc2)c2ccc(Cl)cc2)CC1. The van der Waals surface area contributed by atoms with E-state index in [-0.39, 0.29) is 23.0 Å². The molecule has 28 heavy (non-hydrogen) atoms. The number of methoxy groups -OCH3 is 1. The van der Waals surface area contributed by atoms with Crippen LogP contribution in [-0.2, 0) is 14.3 Å². The molecule has 6 heteroatoms. The van der Waals surface area contributed by atoms with Crippen LogP contribution < -0.4 is 0 Å². The molecule has 1 saturated heterocycles. The predicted molar refractivity (Wildman–Crippen MR) is 114 cm³/mol. The van der Waals surface area contributed by atoms with E-state index in [2.05, 4.69) is 12.1 Å². The molecule has 2 aromatic carbocycles. The van der Waals surface area contributed by atoms with Gasteiger partial charge in [-0.25, -0.2) is 0 Å². The number of hydrogen-bond acceptors (Lipinski definition) is 4. The Bertz CT molecular complexity index is 789. The van der Waals surface area contributed by atoms with Crippen molar-refractivity contribution in [2.45, 2.75) is 18.1 Å². The Morgan fingerprint density at radius 3 is 2.29 bits per heavy atom. The maximum absolute atomic E-state index is 12.7. The number of esters is 1. The van der Waals surface area contributed by atoms with Gasteiger partial charge in [-0.05, 0) is 36.1 Å². The number of hydrogen-bond donors (Lipinski definition) is 0. The van der Waals surface area contributed by atoms with E-state index in [1.807, 2.05) is 47.4 Å². The number of nitrogens with zero attached hydrogens (tertiary/aromatic N) is 1. The summed E-state index contributed by atoms with van der Waals surface area (Å²) in [6.07, 6.45) is 1.34. The van der Waals surface area contributed by atoms with Gasteiger partial charge in [-0.15, -0.1) is 11.8 Å². The maximum atomic E-state index is 12.7. The number of amides is 1. The van der Waals surface area contributed by atoms with Crippen LogP contribution in [-0.4, -0.2) is 42.7 Å². The molecule has 1 amide bonds. The highest BCUT2D eigenvalue weighted by molar-refractivity contribution is 8.00. The highest BCUT2D eigenvalue weighted by Gasteiger charge is 2.28. The van der Waals surface area contributed by atoms with Gasteiger partial charge in [-0.2, -0.15) is 0 Å². The summed E-state index contributed by atoms with van der Waals surface area (Å²) in [6.45, 7) is 1.21. The Hall–Kier alpha value is -1.98. The Morgan fingerprint density at radius 1 is 1.07 bits per heavy atom. The molecule has 148 valence electrons. The summed E-state index contributed by atoms with van der Waals surface area (Å²) >= 11 is 7.66. The summed E-state index contributed by atoms with van der Waals surface area (Å²) in [6, 6.07) is 18.0. The quantitative estimate of drug-likeness (QED) is 0.645. The molecule has 0 N–H and O–H groups in total. The standard InChI is InChI=1S/C22H24ClNO3S/c1-27-22(26)18-11-13-24(14-12-18)20(25)15-28-21(16-5-3-2-4-6-16)17-7-9-19(23)10-8-17/h2-10,18,21H,11-15H2,1H3. The molecule has 4 nitrogen and oxygen atoms in total. The van der Waals surface area contributed by atoms with E-state index < -0.39 is 0 Å². The van der Waals surface area contributed by atoms with E-state index in [0.717, 1.165) is 11.1 Å². The third kappa shape index (κ3) is 5.30. The fraction of sp³-hybridized carbons (Fsp3) is 0.364. The van der Waals surface area contributed by atoms with Gasteiger partial charge in [0.1, 0.15) is 0 Å². The lowest BCUT2D eigenvalue weighted by molar-refractivity contribution is -0.148. The molecule has 0 spiro atoms. The Labute approximate surface area is 175 Å². The van der Waals surface area contributed by atoms with E-state index in [1.54, 1.807) is 11.8 Å². The number of thioether (sulfide) groups is 1. The van der Waals surface area contributed by atoms with Gasteiger partial charge in [0.15, 0.2) is 0 Å². The van der Waals surface area contributed by atoms with Crippen LogP contribution >= 0.6 is 23.4 Å². The summed E-state index contributed by atoms with van der Waals surface area (Å²) in [5.74, 6) is 0.245. The number of carbonyl (C=O) groups is 2. The highest BCUT2D eigenvalue weighted by Crippen LogP contribution is 2.36. The van der Waals surface area contributed by atoms with E-state index in [0.29, 0.717) is 36.7 Å². The van der Waals surface area contributed by atoms with E-state index >= 15 is 0 Å². The Balaban J connectivity index is 1.63. The fourth-order valence-electron chi connectivity index (χ4n) is 3.43. The topological polar surface area (TPSA) is 46.6 Å². The van der Waals surface area contributed by atoms with Crippen LogP contribution in [0.25, 0.3) is 0 Å². The van der Waals surface area contributed by atoms with Crippen LogP contribution in [0.3, 0.4) is 0 Å². The van der Waals surface area contributed by atoms with Gasteiger partial charge in [0.05, 0.1) is 24.0 Å². The molecule has 0 radical (unpaired) electrons. The second kappa shape index (κ2) is 9.99. The fourth-order valence-corrected chi connectivity index (χ4v) is 4.74. The van der Waals surface area contributed by atoms with Crippen molar-refractivity contribution in [1.82, 2.24) is 4.90 Å². The molecule has 1 unspecified atom stereocenters. The van der Waals surface area contributed by atoms with Gasteiger partial charge < -0.3 is 9.64 Å². The lowest BCUT2D eigenvalue weighted by Gasteiger charge is -2.31. The van der Waals surface area contributed by atoms with Crippen LogP contribution in [0.2, 0.25) is 5.02 Å². The normalized spacial score (nSPS) is 15.9. The number of likely N-dealkylation sites (tertiary alicyclic amines) is 1. The first-order valence-electron chi connectivity index (χ1n) is 9.36. The van der Waals surface area contributed by atoms with Gasteiger partial charge in [-0.3, -0.25) is 9.59 Å². The number of piperidine rings is 1. The molecule has 1 atom stereocenters. The van der Waals surface area contributed by atoms with Crippen molar-refractivity contribution in [2.24, 2.45) is 5.92 Å². The number of carbonyl (C=O) groups excluding carboxylic acids is 2. The summed E-state index contributed by atoms with van der Waals surface area (Å²) in [5.41, 5.74) is 2.28. The number of rotatable bonds is 6. The second-order valence-electron chi connectivity index (χ2n) is 6.83. The van der Waals surface area contributed by atoms with Gasteiger partial charge in [0.25, 0.3) is 0 Å². The summed E-state index contributed by atoms with van der Waals surface area (Å²) < 4.78 is 4.81. The number of ether oxygens (including phenoxy) is 1. The lowest BCUT2D eigenvalue weighted by atomic mass is 9.97. The summed E-state index contributed by atoms with van der Waals surface area (Å²) in [5, 5.41) is 0.764. The largest absolute Gasteiger partial charge is 0.469 e. The smallest absolute Gasteiger partial charge is 0.308 e. The molecule has 1 aliphatic rings. The van der Waals surface area contributed by atoms with Crippen molar-refractivity contribution in [1.29, 1.82) is 0 Å². The second-order valence-corrected chi connectivity index (χ2v) is 8.36. The Morgan fingerprint density at radius 2 is 1.68 bits per heavy atom. The zero-order valence-corrected chi connectivity index (χ0v) is 17.4. The van der Waals surface area contributed by atoms with E-state index in [4.69, 9.17) is 16.3 Å². The minimum Gasteiger partial charge on any atom is -0.469 e. The number of benzene rings is 2. The van der Waals surface area contributed by atoms with Crippen LogP contribution in [0, 0.1) is 5.92 Å². The summed E-state index contributed by atoms with van der Waals surface area (Å²) in [4.78, 5) is 26.2. The van der Waals surface area contributed by atoms with Crippen molar-refractivity contribution in [3.63, 3.8) is 0 Å². The highest BCUT2D eigenvalue weighted by atomic mass is 35.5. The van der Waals surface area contributed by atoms with Gasteiger partial charge in [-0.1, -0.05) is 54.1 Å². The third-order valence-electron chi connectivity index (χ3n) is 5.03. The molecule has 1 aliphatic heterocycles. The van der Waals surface area contributed by atoms with E-state index in [1.165, 1.54) is 7.11 Å². The minimum absolute atomic E-state index is 0.0648. The average Bonchev–Trinajstić information content (AvgIpc) is 2.75. The lowest BCUT2D eigenvalue weighted by Crippen LogP contribution is -2.41. The van der Waals surface area contributed by atoms with Crippen LogP contribution in [0.4, 0.5) is 0 Å². The van der Waals surface area contributed by atoms with Crippen molar-refractivity contribution in [3.8, 4) is 0 Å². The molecule has 2 aromatic rings. The molecule has 1 fully saturated rings. The molecular weight excluding hydrogens is 394 g/mol. The van der Waals surface area contributed by atoms with Crippen molar-refractivity contribution < 1.29 is 14.3 Å². The first kappa shape index (κ1) is 20.7. The Kier molecular flexibility index (Phi) is 7.40. The molecule has 1 heterocycles. The maximum Gasteiger partial charge on any atom is 0.308 e. The van der Waals surface area contributed by atoms with Crippen LogP contribution in [0.5, 0.6) is 0 Å². The molecule has 0 saturated carbocycles. The van der Waals surface area contributed by atoms with Crippen molar-refractivity contribution in [2.75, 3.05) is 26.0 Å². The third-order valence-corrected chi connectivity index (χ3v) is 6.57. The molecule has 0 bridgehead atoms. The first-order valence-corrected chi connectivity index (χ1v) is 10.8. The van der Waals surface area contributed by atoms with Gasteiger partial charge >= 0.3 is 5.97 Å². The average molecular weight is 418 g/mol. The molecule has 3 rings (SSSR count). The molecular formula is C22H24ClNO3S. The summed E-state index contributed by atoms with van der Waals surface area (Å²) in [7, 11) is 1.41. The van der Waals surface area contributed by atoms with Crippen LogP contribution in [0.15, 0.2) is 54.6 Å². The van der Waals surface area contributed by atoms with Crippen LogP contribution in [0.1, 0.15) is 29.2 Å². The predicted octanol–water partition coefficient (Wildman–Crippen LogP) is 4.57. The minimum atomic E-state index is -0.173.